The van der Waals surface area contributed by atoms with Crippen LogP contribution >= 0.6 is 11.3 Å². The van der Waals surface area contributed by atoms with Gasteiger partial charge in [0.2, 0.25) is 5.91 Å². The van der Waals surface area contributed by atoms with E-state index in [1.807, 2.05) is 29.5 Å². The molecule has 1 saturated carbocycles. The molecule has 7 heteroatoms. The van der Waals surface area contributed by atoms with E-state index in [-0.39, 0.29) is 5.91 Å². The topological polar surface area (TPSA) is 71.2 Å². The van der Waals surface area contributed by atoms with Crippen molar-refractivity contribution in [1.82, 2.24) is 19.7 Å². The molecule has 2 aromatic rings. The Labute approximate surface area is 145 Å². The molecule has 2 aromatic heterocycles. The molecule has 1 aliphatic carbocycles. The summed E-state index contributed by atoms with van der Waals surface area (Å²) in [5, 5.41) is 15.8. The van der Waals surface area contributed by atoms with Gasteiger partial charge in [-0.15, -0.1) is 11.3 Å². The van der Waals surface area contributed by atoms with Crippen LogP contribution in [-0.4, -0.2) is 37.2 Å². The molecule has 24 heavy (non-hydrogen) atoms. The van der Waals surface area contributed by atoms with Crippen LogP contribution < -0.4 is 0 Å². The van der Waals surface area contributed by atoms with Gasteiger partial charge in [0.05, 0.1) is 41.6 Å². The van der Waals surface area contributed by atoms with Crippen molar-refractivity contribution in [1.29, 1.82) is 0 Å². The molecule has 1 atom stereocenters. The Bertz CT molecular complexity index is 778. The highest BCUT2D eigenvalue weighted by atomic mass is 32.1. The molecule has 0 aromatic carbocycles. The quantitative estimate of drug-likeness (QED) is 0.919. The number of hydrogen-bond acceptors (Lipinski definition) is 5. The number of fused-ring (bicyclic) bond motifs is 1. The van der Waals surface area contributed by atoms with Gasteiger partial charge >= 0.3 is 0 Å². The number of carbonyl (C=O) groups excluding carboxylic acids is 1. The lowest BCUT2D eigenvalue weighted by atomic mass is 10.1. The van der Waals surface area contributed by atoms with Crippen LogP contribution in [0.1, 0.15) is 45.9 Å². The number of thiazole rings is 1. The fourth-order valence-electron chi connectivity index (χ4n) is 3.29. The first-order chi connectivity index (χ1) is 11.5. The summed E-state index contributed by atoms with van der Waals surface area (Å²) in [6.45, 7) is 5.90. The molecule has 128 valence electrons. The van der Waals surface area contributed by atoms with E-state index in [9.17, 15) is 9.90 Å². The third-order valence-corrected chi connectivity index (χ3v) is 5.79. The fourth-order valence-corrected chi connectivity index (χ4v) is 4.13. The Balaban J connectivity index is 1.45. The van der Waals surface area contributed by atoms with Crippen LogP contribution in [0.25, 0.3) is 0 Å². The Kier molecular flexibility index (Phi) is 3.92. The zero-order valence-electron chi connectivity index (χ0n) is 14.0. The molecule has 2 aliphatic rings. The van der Waals surface area contributed by atoms with Gasteiger partial charge in [0.1, 0.15) is 6.10 Å². The first-order valence-corrected chi connectivity index (χ1v) is 9.28. The van der Waals surface area contributed by atoms with E-state index in [2.05, 4.69) is 10.1 Å². The van der Waals surface area contributed by atoms with Gasteiger partial charge in [-0.1, -0.05) is 0 Å². The Morgan fingerprint density at radius 1 is 1.42 bits per heavy atom. The maximum absolute atomic E-state index is 12.6. The maximum Gasteiger partial charge on any atom is 0.229 e. The predicted octanol–water partition coefficient (Wildman–Crippen LogP) is 1.98. The van der Waals surface area contributed by atoms with Crippen LogP contribution in [0.15, 0.2) is 6.07 Å². The molecule has 0 radical (unpaired) electrons. The van der Waals surface area contributed by atoms with Crippen molar-refractivity contribution in [2.45, 2.75) is 52.3 Å². The number of nitrogens with zero attached hydrogens (tertiary/aromatic N) is 4. The predicted molar refractivity (Wildman–Crippen MR) is 90.6 cm³/mol. The van der Waals surface area contributed by atoms with Gasteiger partial charge in [-0.2, -0.15) is 5.10 Å². The molecule has 1 fully saturated rings. The largest absolute Gasteiger partial charge is 0.386 e. The summed E-state index contributed by atoms with van der Waals surface area (Å²) in [6, 6.07) is 1.96. The van der Waals surface area contributed by atoms with Gasteiger partial charge < -0.3 is 10.0 Å². The Morgan fingerprint density at radius 3 is 2.88 bits per heavy atom. The normalized spacial score (nSPS) is 18.5. The fraction of sp³-hybridized carbons (Fsp3) is 0.588. The second-order valence-corrected chi connectivity index (χ2v) is 8.20. The smallest absolute Gasteiger partial charge is 0.229 e. The highest BCUT2D eigenvalue weighted by Gasteiger charge is 2.33. The van der Waals surface area contributed by atoms with E-state index in [4.69, 9.17) is 0 Å². The highest BCUT2D eigenvalue weighted by molar-refractivity contribution is 7.11. The monoisotopic (exact) mass is 346 g/mol. The summed E-state index contributed by atoms with van der Waals surface area (Å²) >= 11 is 1.64. The summed E-state index contributed by atoms with van der Waals surface area (Å²) in [5.41, 5.74) is 2.66. The molecule has 6 nitrogen and oxygen atoms in total. The van der Waals surface area contributed by atoms with Crippen molar-refractivity contribution in [3.63, 3.8) is 0 Å². The molecule has 0 spiro atoms. The summed E-state index contributed by atoms with van der Waals surface area (Å²) < 4.78 is 1.93. The highest BCUT2D eigenvalue weighted by Crippen LogP contribution is 2.40. The van der Waals surface area contributed by atoms with Crippen molar-refractivity contribution in [3.05, 3.63) is 33.0 Å². The average Bonchev–Trinajstić information content (AvgIpc) is 3.23. The molecule has 1 aliphatic heterocycles. The van der Waals surface area contributed by atoms with Crippen LogP contribution in [0.2, 0.25) is 0 Å². The van der Waals surface area contributed by atoms with Crippen LogP contribution in [-0.2, 0) is 24.3 Å². The Hall–Kier alpha value is -1.73. The van der Waals surface area contributed by atoms with Gasteiger partial charge in [-0.25, -0.2) is 4.98 Å². The van der Waals surface area contributed by atoms with Crippen molar-refractivity contribution < 1.29 is 9.90 Å². The second kappa shape index (κ2) is 5.97. The van der Waals surface area contributed by atoms with E-state index in [0.717, 1.165) is 39.8 Å². The average molecular weight is 346 g/mol. The van der Waals surface area contributed by atoms with Gasteiger partial charge in [0.15, 0.2) is 0 Å². The van der Waals surface area contributed by atoms with Gasteiger partial charge in [-0.05, 0) is 38.7 Å². The number of aromatic nitrogens is 3. The second-order valence-electron chi connectivity index (χ2n) is 6.79. The van der Waals surface area contributed by atoms with Gasteiger partial charge in [0, 0.05) is 11.4 Å². The van der Waals surface area contributed by atoms with E-state index >= 15 is 0 Å². The van der Waals surface area contributed by atoms with Crippen molar-refractivity contribution in [3.8, 4) is 0 Å². The van der Waals surface area contributed by atoms with Crippen LogP contribution in [0.4, 0.5) is 0 Å². The number of rotatable bonds is 4. The summed E-state index contributed by atoms with van der Waals surface area (Å²) in [6.07, 6.45) is 2.08. The number of carbonyl (C=O) groups is 1. The standard InChI is InChI=1S/C17H22N4O2S/c1-10-14(18-11(2)24-10)8-16(22)20-5-6-21-13(9-20)7-15(19-21)17(23)12-3-4-12/h7,12,17,23H,3-6,8-9H2,1-2H3/t17-/m1/s1. The zero-order chi connectivity index (χ0) is 16.8. The van der Waals surface area contributed by atoms with E-state index in [1.54, 1.807) is 11.3 Å². The molecular formula is C17H22N4O2S. The lowest BCUT2D eigenvalue weighted by Gasteiger charge is -2.27. The molecule has 3 heterocycles. The maximum atomic E-state index is 12.6. The Morgan fingerprint density at radius 2 is 2.21 bits per heavy atom. The number of aryl methyl sites for hydroxylation is 2. The van der Waals surface area contributed by atoms with Gasteiger partial charge in [0.25, 0.3) is 0 Å². The van der Waals surface area contributed by atoms with Crippen LogP contribution in [0, 0.1) is 19.8 Å². The molecule has 1 amide bonds. The summed E-state index contributed by atoms with van der Waals surface area (Å²) in [7, 11) is 0. The number of hydrogen-bond donors (Lipinski definition) is 1. The van der Waals surface area contributed by atoms with Crippen LogP contribution in [0.3, 0.4) is 0 Å². The van der Waals surface area contributed by atoms with E-state index in [0.29, 0.717) is 32.0 Å². The first kappa shape index (κ1) is 15.8. The number of aliphatic hydroxyl groups excluding tert-OH is 1. The van der Waals surface area contributed by atoms with Crippen LogP contribution in [0.5, 0.6) is 0 Å². The molecular weight excluding hydrogens is 324 g/mol. The van der Waals surface area contributed by atoms with Crippen molar-refractivity contribution in [2.75, 3.05) is 6.54 Å². The lowest BCUT2D eigenvalue weighted by molar-refractivity contribution is -0.132. The third kappa shape index (κ3) is 2.98. The van der Waals surface area contributed by atoms with Crippen molar-refractivity contribution in [2.24, 2.45) is 5.92 Å². The molecule has 0 saturated heterocycles. The zero-order valence-corrected chi connectivity index (χ0v) is 14.8. The molecule has 1 N–H and O–H groups in total. The minimum absolute atomic E-state index is 0.111. The number of aliphatic hydroxyl groups is 1. The lowest BCUT2D eigenvalue weighted by Crippen LogP contribution is -2.39. The molecule has 0 bridgehead atoms. The van der Waals surface area contributed by atoms with E-state index in [1.165, 1.54) is 0 Å². The van der Waals surface area contributed by atoms with Crippen molar-refractivity contribution >= 4 is 17.2 Å². The summed E-state index contributed by atoms with van der Waals surface area (Å²) in [4.78, 5) is 20.1. The van der Waals surface area contributed by atoms with Gasteiger partial charge in [-0.3, -0.25) is 9.48 Å². The minimum atomic E-state index is -0.451. The third-order valence-electron chi connectivity index (χ3n) is 4.86. The summed E-state index contributed by atoms with van der Waals surface area (Å²) in [5.74, 6) is 0.482. The SMILES string of the molecule is Cc1nc(CC(=O)N2CCn3nc([C@H](O)C4CC4)cc3C2)c(C)s1. The van der Waals surface area contributed by atoms with E-state index < -0.39 is 6.10 Å². The molecule has 0 unspecified atom stereocenters. The first-order valence-electron chi connectivity index (χ1n) is 8.46. The minimum Gasteiger partial charge on any atom is -0.386 e. The molecule has 4 rings (SSSR count). The number of amides is 1.